The minimum absolute atomic E-state index is 0.0135. The molecule has 2 aromatic rings. The van der Waals surface area contributed by atoms with Crippen LogP contribution in [0.2, 0.25) is 0 Å². The molecule has 0 unspecified atom stereocenters. The summed E-state index contributed by atoms with van der Waals surface area (Å²) < 4.78 is 1.60. The van der Waals surface area contributed by atoms with E-state index in [1.54, 1.807) is 36.6 Å². The second-order valence-corrected chi connectivity index (χ2v) is 11.9. The first kappa shape index (κ1) is 27.0. The molecule has 4 heterocycles. The normalized spacial score (nSPS) is 24.1. The van der Waals surface area contributed by atoms with Gasteiger partial charge in [-0.2, -0.15) is 5.10 Å². The van der Waals surface area contributed by atoms with E-state index >= 15 is 0 Å². The Hall–Kier alpha value is -2.63. The Labute approximate surface area is 228 Å². The highest BCUT2D eigenvalue weighted by Gasteiger charge is 2.44. The number of likely N-dealkylation sites (N-methyl/N-ethyl adjacent to an activating group) is 1. The lowest BCUT2D eigenvalue weighted by Gasteiger charge is -2.45. The van der Waals surface area contributed by atoms with E-state index in [0.29, 0.717) is 30.4 Å². The van der Waals surface area contributed by atoms with Crippen molar-refractivity contribution >= 4 is 28.9 Å². The molecule has 3 fully saturated rings. The second-order valence-electron chi connectivity index (χ2n) is 11.0. The van der Waals surface area contributed by atoms with Gasteiger partial charge >= 0.3 is 0 Å². The standard InChI is InChI=1S/C27H39N7O3S/c1-17(28-2)25(36)31-23(18-8-5-4-6-9-18)27(37)34-14-20-10-7-11-33(20)15-22(34)26-30-21(16-38-26)24(35)19-12-29-32(3)13-19/h12-13,16-18,20,22-23,28H,4-11,14-15H2,1-3H3,(H,31,36)/t17-,20+,22-,23-/m0/s1. The molecular formula is C27H39N7O3S. The molecule has 1 aliphatic carbocycles. The van der Waals surface area contributed by atoms with E-state index in [1.807, 2.05) is 11.8 Å². The number of piperazine rings is 1. The van der Waals surface area contributed by atoms with Crippen LogP contribution >= 0.6 is 11.3 Å². The zero-order chi connectivity index (χ0) is 26.8. The number of fused-ring (bicyclic) bond motifs is 1. The molecule has 0 radical (unpaired) electrons. The summed E-state index contributed by atoms with van der Waals surface area (Å²) in [5.41, 5.74) is 0.883. The highest BCUT2D eigenvalue weighted by Crippen LogP contribution is 2.36. The van der Waals surface area contributed by atoms with E-state index in [2.05, 4.69) is 20.6 Å². The summed E-state index contributed by atoms with van der Waals surface area (Å²) in [5.74, 6) is -0.196. The zero-order valence-electron chi connectivity index (χ0n) is 22.6. The Morgan fingerprint density at radius 3 is 2.61 bits per heavy atom. The number of hydrogen-bond acceptors (Lipinski definition) is 8. The van der Waals surface area contributed by atoms with Gasteiger partial charge in [0.25, 0.3) is 0 Å². The van der Waals surface area contributed by atoms with Crippen molar-refractivity contribution in [3.05, 3.63) is 34.0 Å². The SMILES string of the molecule is CN[C@@H](C)C(=O)N[C@H](C(=O)N1C[C@H]2CCCN2C[C@H]1c1nc(C(=O)c2cnn(C)c2)cs1)C1CCCCC1. The molecule has 2 N–H and O–H groups in total. The topological polar surface area (TPSA) is 112 Å². The third-order valence-electron chi connectivity index (χ3n) is 8.49. The maximum atomic E-state index is 14.4. The molecule has 1 saturated carbocycles. The minimum atomic E-state index is -0.550. The van der Waals surface area contributed by atoms with Crippen molar-refractivity contribution in [3.63, 3.8) is 0 Å². The summed E-state index contributed by atoms with van der Waals surface area (Å²) >= 11 is 1.43. The molecule has 0 aromatic carbocycles. The molecule has 206 valence electrons. The van der Waals surface area contributed by atoms with Crippen molar-refractivity contribution in [2.75, 3.05) is 26.7 Å². The Balaban J connectivity index is 1.43. The molecule has 11 heteroatoms. The molecule has 2 saturated heterocycles. The van der Waals surface area contributed by atoms with Gasteiger partial charge in [0.2, 0.25) is 17.6 Å². The van der Waals surface area contributed by atoms with E-state index < -0.39 is 6.04 Å². The Kier molecular flexibility index (Phi) is 8.25. The largest absolute Gasteiger partial charge is 0.343 e. The molecule has 10 nitrogen and oxygen atoms in total. The number of amides is 2. The van der Waals surface area contributed by atoms with Crippen LogP contribution in [-0.2, 0) is 16.6 Å². The van der Waals surface area contributed by atoms with Gasteiger partial charge in [0, 0.05) is 37.8 Å². The van der Waals surface area contributed by atoms with Crippen LogP contribution in [-0.4, -0.2) is 87.0 Å². The summed E-state index contributed by atoms with van der Waals surface area (Å²) in [6.45, 7) is 4.14. The fraction of sp³-hybridized carbons (Fsp3) is 0.667. The number of ketones is 1. The molecular weight excluding hydrogens is 502 g/mol. The number of hydrogen-bond donors (Lipinski definition) is 2. The number of aromatic nitrogens is 3. The number of carbonyl (C=O) groups excluding carboxylic acids is 3. The van der Waals surface area contributed by atoms with Crippen LogP contribution < -0.4 is 10.6 Å². The average molecular weight is 542 g/mol. The molecule has 0 bridgehead atoms. The van der Waals surface area contributed by atoms with Crippen molar-refractivity contribution < 1.29 is 14.4 Å². The fourth-order valence-electron chi connectivity index (χ4n) is 6.14. The highest BCUT2D eigenvalue weighted by molar-refractivity contribution is 7.10. The van der Waals surface area contributed by atoms with Crippen molar-refractivity contribution in [1.82, 2.24) is 35.2 Å². The Morgan fingerprint density at radius 2 is 1.89 bits per heavy atom. The van der Waals surface area contributed by atoms with Crippen LogP contribution in [0.25, 0.3) is 0 Å². The fourth-order valence-corrected chi connectivity index (χ4v) is 7.04. The Bertz CT molecular complexity index is 1160. The lowest BCUT2D eigenvalue weighted by atomic mass is 9.82. The molecule has 0 spiro atoms. The third-order valence-corrected chi connectivity index (χ3v) is 9.44. The van der Waals surface area contributed by atoms with E-state index in [1.165, 1.54) is 17.8 Å². The molecule has 38 heavy (non-hydrogen) atoms. The van der Waals surface area contributed by atoms with Crippen LogP contribution in [0, 0.1) is 5.92 Å². The van der Waals surface area contributed by atoms with Crippen LogP contribution in [0.1, 0.15) is 79.0 Å². The maximum absolute atomic E-state index is 14.4. The number of carbonyl (C=O) groups is 3. The summed E-state index contributed by atoms with van der Waals surface area (Å²) in [7, 11) is 3.53. The first-order valence-electron chi connectivity index (χ1n) is 13.9. The monoisotopic (exact) mass is 541 g/mol. The van der Waals surface area contributed by atoms with Gasteiger partial charge in [0.1, 0.15) is 16.7 Å². The molecule has 2 amide bonds. The van der Waals surface area contributed by atoms with Crippen molar-refractivity contribution in [2.24, 2.45) is 13.0 Å². The van der Waals surface area contributed by atoms with Crippen LogP contribution in [0.15, 0.2) is 17.8 Å². The van der Waals surface area contributed by atoms with Gasteiger partial charge in [-0.05, 0) is 52.1 Å². The van der Waals surface area contributed by atoms with E-state index in [9.17, 15) is 14.4 Å². The van der Waals surface area contributed by atoms with E-state index in [-0.39, 0.29) is 35.6 Å². The van der Waals surface area contributed by atoms with Gasteiger partial charge in [0.15, 0.2) is 0 Å². The molecule has 3 aliphatic rings. The maximum Gasteiger partial charge on any atom is 0.246 e. The third kappa shape index (κ3) is 5.55. The molecule has 5 rings (SSSR count). The Morgan fingerprint density at radius 1 is 1.11 bits per heavy atom. The predicted molar refractivity (Wildman–Crippen MR) is 145 cm³/mol. The van der Waals surface area contributed by atoms with Crippen molar-refractivity contribution in [1.29, 1.82) is 0 Å². The number of rotatable bonds is 8. The summed E-state index contributed by atoms with van der Waals surface area (Å²) in [6, 6.07) is -0.852. The van der Waals surface area contributed by atoms with E-state index in [0.717, 1.165) is 50.1 Å². The summed E-state index contributed by atoms with van der Waals surface area (Å²) in [5, 5.41) is 12.8. The number of nitrogens with one attached hydrogen (secondary N) is 2. The lowest BCUT2D eigenvalue weighted by Crippen LogP contribution is -2.60. The van der Waals surface area contributed by atoms with Crippen molar-refractivity contribution in [3.8, 4) is 0 Å². The van der Waals surface area contributed by atoms with Gasteiger partial charge in [-0.1, -0.05) is 19.3 Å². The van der Waals surface area contributed by atoms with Gasteiger partial charge in [-0.3, -0.25) is 24.0 Å². The smallest absolute Gasteiger partial charge is 0.246 e. The predicted octanol–water partition coefficient (Wildman–Crippen LogP) is 2.13. The van der Waals surface area contributed by atoms with E-state index in [4.69, 9.17) is 4.98 Å². The highest BCUT2D eigenvalue weighted by atomic mass is 32.1. The van der Waals surface area contributed by atoms with Gasteiger partial charge in [-0.25, -0.2) is 4.98 Å². The molecule has 2 aromatic heterocycles. The average Bonchev–Trinajstić information content (AvgIpc) is 3.70. The minimum Gasteiger partial charge on any atom is -0.343 e. The molecule has 2 aliphatic heterocycles. The summed E-state index contributed by atoms with van der Waals surface area (Å²) in [6.07, 6.45) is 10.7. The van der Waals surface area contributed by atoms with Crippen LogP contribution in [0.4, 0.5) is 0 Å². The quantitative estimate of drug-likeness (QED) is 0.493. The number of thiazole rings is 1. The van der Waals surface area contributed by atoms with Gasteiger partial charge < -0.3 is 15.5 Å². The van der Waals surface area contributed by atoms with Crippen LogP contribution in [0.5, 0.6) is 0 Å². The number of nitrogens with zero attached hydrogens (tertiary/aromatic N) is 5. The molecule has 4 atom stereocenters. The van der Waals surface area contributed by atoms with Gasteiger partial charge in [-0.15, -0.1) is 11.3 Å². The second kappa shape index (κ2) is 11.6. The number of aryl methyl sites for hydroxylation is 1. The summed E-state index contributed by atoms with van der Waals surface area (Å²) in [4.78, 5) is 49.5. The van der Waals surface area contributed by atoms with Crippen molar-refractivity contribution in [2.45, 2.75) is 76.0 Å². The first-order chi connectivity index (χ1) is 18.4. The van der Waals surface area contributed by atoms with Gasteiger partial charge in [0.05, 0.1) is 23.8 Å². The lowest BCUT2D eigenvalue weighted by molar-refractivity contribution is -0.144. The zero-order valence-corrected chi connectivity index (χ0v) is 23.4. The first-order valence-corrected chi connectivity index (χ1v) is 14.7. The van der Waals surface area contributed by atoms with Crippen LogP contribution in [0.3, 0.4) is 0 Å².